The number of aryl methyl sites for hydroxylation is 1. The summed E-state index contributed by atoms with van der Waals surface area (Å²) >= 11 is 0. The summed E-state index contributed by atoms with van der Waals surface area (Å²) in [6.45, 7) is 2.81. The lowest BCUT2D eigenvalue weighted by Gasteiger charge is -2.10. The zero-order chi connectivity index (χ0) is 14.7. The molecule has 2 rings (SSSR count). The van der Waals surface area contributed by atoms with Gasteiger partial charge in [-0.3, -0.25) is 9.00 Å². The average Bonchev–Trinajstić information content (AvgIpc) is 2.42. The molecular formula is C13H18N4O2S. The van der Waals surface area contributed by atoms with Crippen LogP contribution >= 0.6 is 0 Å². The van der Waals surface area contributed by atoms with Crippen LogP contribution in [0.25, 0.3) is 10.9 Å². The number of nitrogens with zero attached hydrogens (tertiary/aromatic N) is 3. The van der Waals surface area contributed by atoms with E-state index in [4.69, 9.17) is 0 Å². The molecule has 20 heavy (non-hydrogen) atoms. The predicted molar refractivity (Wildman–Crippen MR) is 80.5 cm³/mol. The van der Waals surface area contributed by atoms with Crippen molar-refractivity contribution in [3.8, 4) is 0 Å². The maximum Gasteiger partial charge on any atom is 0.263 e. The van der Waals surface area contributed by atoms with Crippen molar-refractivity contribution < 1.29 is 4.21 Å². The lowest BCUT2D eigenvalue weighted by molar-refractivity contribution is 0.680. The quantitative estimate of drug-likeness (QED) is 0.664. The lowest BCUT2D eigenvalue weighted by Crippen LogP contribution is -2.19. The monoisotopic (exact) mass is 294 g/mol. The Morgan fingerprint density at radius 1 is 1.40 bits per heavy atom. The minimum Gasteiger partial charge on any atom is -0.369 e. The Kier molecular flexibility index (Phi) is 4.49. The number of unbranched alkanes of at least 4 members (excludes halogenated alkanes) is 1. The molecule has 2 aromatic heterocycles. The zero-order valence-electron chi connectivity index (χ0n) is 11.8. The molecule has 0 bridgehead atoms. The van der Waals surface area contributed by atoms with E-state index in [1.54, 1.807) is 19.3 Å². The molecule has 0 aliphatic carbocycles. The third-order valence-corrected chi connectivity index (χ3v) is 3.68. The van der Waals surface area contributed by atoms with Gasteiger partial charge >= 0.3 is 0 Å². The van der Waals surface area contributed by atoms with E-state index < -0.39 is 10.8 Å². The number of pyridine rings is 1. The first kappa shape index (κ1) is 14.6. The second-order valence-electron chi connectivity index (χ2n) is 4.58. The molecule has 0 aromatic carbocycles. The van der Waals surface area contributed by atoms with Gasteiger partial charge in [0.1, 0.15) is 11.2 Å². The normalized spacial score (nSPS) is 12.6. The number of hydrogen-bond acceptors (Lipinski definition) is 5. The molecule has 0 spiro atoms. The molecule has 6 nitrogen and oxygen atoms in total. The highest BCUT2D eigenvalue weighted by Gasteiger charge is 2.13. The van der Waals surface area contributed by atoms with Crippen LogP contribution in [0.15, 0.2) is 22.2 Å². The minimum atomic E-state index is -1.29. The number of aromatic nitrogens is 3. The molecule has 7 heteroatoms. The Morgan fingerprint density at radius 3 is 2.80 bits per heavy atom. The summed E-state index contributed by atoms with van der Waals surface area (Å²) in [7, 11) is 0.398. The second-order valence-corrected chi connectivity index (χ2v) is 5.85. The Hall–Kier alpha value is -1.76. The number of fused-ring (bicyclic) bond motifs is 1. The average molecular weight is 294 g/mol. The molecule has 1 N–H and O–H groups in total. The molecule has 0 aliphatic rings. The fourth-order valence-corrected chi connectivity index (χ4v) is 2.30. The van der Waals surface area contributed by atoms with Crippen molar-refractivity contribution in [3.05, 3.63) is 22.6 Å². The van der Waals surface area contributed by atoms with Gasteiger partial charge in [-0.25, -0.2) is 9.97 Å². The molecule has 0 saturated carbocycles. The molecule has 108 valence electrons. The summed E-state index contributed by atoms with van der Waals surface area (Å²) in [5.41, 5.74) is 0.363. The fourth-order valence-electron chi connectivity index (χ4n) is 1.85. The molecule has 0 fully saturated rings. The van der Waals surface area contributed by atoms with Gasteiger partial charge in [0.25, 0.3) is 5.56 Å². The second kappa shape index (κ2) is 6.13. The van der Waals surface area contributed by atoms with E-state index in [1.807, 2.05) is 0 Å². The van der Waals surface area contributed by atoms with Gasteiger partial charge in [0, 0.05) is 26.0 Å². The van der Waals surface area contributed by atoms with Crippen molar-refractivity contribution in [2.75, 3.05) is 18.1 Å². The summed E-state index contributed by atoms with van der Waals surface area (Å²) in [4.78, 5) is 20.7. The lowest BCUT2D eigenvalue weighted by atomic mass is 10.2. The van der Waals surface area contributed by atoms with Crippen molar-refractivity contribution in [3.63, 3.8) is 0 Å². The smallest absolute Gasteiger partial charge is 0.263 e. The highest BCUT2D eigenvalue weighted by atomic mass is 32.2. The Balaban J connectivity index is 2.63. The highest BCUT2D eigenvalue weighted by molar-refractivity contribution is 7.84. The first-order chi connectivity index (χ1) is 9.54. The molecule has 0 saturated heterocycles. The third kappa shape index (κ3) is 2.87. The number of rotatable bonds is 5. The van der Waals surface area contributed by atoms with Gasteiger partial charge in [-0.1, -0.05) is 13.3 Å². The van der Waals surface area contributed by atoms with Crippen molar-refractivity contribution >= 4 is 27.5 Å². The van der Waals surface area contributed by atoms with Gasteiger partial charge in [-0.15, -0.1) is 0 Å². The van der Waals surface area contributed by atoms with Crippen LogP contribution in [0.5, 0.6) is 0 Å². The van der Waals surface area contributed by atoms with Crippen LogP contribution in [0.1, 0.15) is 19.8 Å². The van der Waals surface area contributed by atoms with E-state index >= 15 is 0 Å². The van der Waals surface area contributed by atoms with Crippen molar-refractivity contribution in [2.24, 2.45) is 7.05 Å². The first-order valence-corrected chi connectivity index (χ1v) is 8.05. The van der Waals surface area contributed by atoms with Crippen LogP contribution in [-0.2, 0) is 17.8 Å². The van der Waals surface area contributed by atoms with E-state index in [9.17, 15) is 9.00 Å². The Morgan fingerprint density at radius 2 is 2.15 bits per heavy atom. The summed E-state index contributed by atoms with van der Waals surface area (Å²) in [6, 6.07) is 1.74. The molecule has 0 radical (unpaired) electrons. The SMILES string of the molecule is CCCCNc1nc(S(C)=O)nc2ccn(C)c(=O)c12. The van der Waals surface area contributed by atoms with Gasteiger partial charge < -0.3 is 9.88 Å². The van der Waals surface area contributed by atoms with Crippen LogP contribution in [0.2, 0.25) is 0 Å². The van der Waals surface area contributed by atoms with Crippen molar-refractivity contribution in [2.45, 2.75) is 24.9 Å². The molecule has 0 amide bonds. The zero-order valence-corrected chi connectivity index (χ0v) is 12.7. The van der Waals surface area contributed by atoms with E-state index in [-0.39, 0.29) is 10.7 Å². The van der Waals surface area contributed by atoms with Crippen LogP contribution in [0.4, 0.5) is 5.82 Å². The van der Waals surface area contributed by atoms with E-state index in [2.05, 4.69) is 22.2 Å². The summed E-state index contributed by atoms with van der Waals surface area (Å²) in [5, 5.41) is 3.84. The van der Waals surface area contributed by atoms with Gasteiger partial charge in [0.15, 0.2) is 0 Å². The van der Waals surface area contributed by atoms with Gasteiger partial charge in [-0.05, 0) is 12.5 Å². The number of hydrogen-bond donors (Lipinski definition) is 1. The maximum absolute atomic E-state index is 12.2. The fraction of sp³-hybridized carbons (Fsp3) is 0.462. The highest BCUT2D eigenvalue weighted by Crippen LogP contribution is 2.17. The van der Waals surface area contributed by atoms with Gasteiger partial charge in [0.05, 0.1) is 16.3 Å². The molecular weight excluding hydrogens is 276 g/mol. The van der Waals surface area contributed by atoms with Gasteiger partial charge in [0.2, 0.25) is 5.16 Å². The van der Waals surface area contributed by atoms with Crippen LogP contribution in [0, 0.1) is 0 Å². The summed E-state index contributed by atoms with van der Waals surface area (Å²) in [5.74, 6) is 0.467. The standard InChI is InChI=1S/C13H18N4O2S/c1-4-5-7-14-11-10-9(6-8-17(2)12(10)18)15-13(16-11)20(3)19/h6,8H,4-5,7H2,1-3H3,(H,14,15,16). The summed E-state index contributed by atoms with van der Waals surface area (Å²) < 4.78 is 13.1. The summed E-state index contributed by atoms with van der Waals surface area (Å²) in [6.07, 6.45) is 5.19. The topological polar surface area (TPSA) is 76.9 Å². The largest absolute Gasteiger partial charge is 0.369 e. The molecule has 0 aliphatic heterocycles. The first-order valence-electron chi connectivity index (χ1n) is 6.49. The Labute approximate surface area is 119 Å². The third-order valence-electron chi connectivity index (χ3n) is 2.99. The number of anilines is 1. The Bertz CT molecular complexity index is 711. The minimum absolute atomic E-state index is 0.157. The van der Waals surface area contributed by atoms with Crippen LogP contribution in [0.3, 0.4) is 0 Å². The van der Waals surface area contributed by atoms with E-state index in [0.29, 0.717) is 16.7 Å². The predicted octanol–water partition coefficient (Wildman–Crippen LogP) is 1.28. The van der Waals surface area contributed by atoms with Crippen LogP contribution in [-0.4, -0.2) is 31.5 Å². The molecule has 2 heterocycles. The van der Waals surface area contributed by atoms with E-state index in [0.717, 1.165) is 19.4 Å². The molecule has 1 atom stereocenters. The van der Waals surface area contributed by atoms with E-state index in [1.165, 1.54) is 10.8 Å². The molecule has 1 unspecified atom stereocenters. The van der Waals surface area contributed by atoms with Crippen LogP contribution < -0.4 is 10.9 Å². The number of nitrogens with one attached hydrogen (secondary N) is 1. The van der Waals surface area contributed by atoms with Crippen molar-refractivity contribution in [1.29, 1.82) is 0 Å². The molecule has 2 aromatic rings. The van der Waals surface area contributed by atoms with Gasteiger partial charge in [-0.2, -0.15) is 0 Å². The van der Waals surface area contributed by atoms with Crippen molar-refractivity contribution in [1.82, 2.24) is 14.5 Å². The maximum atomic E-state index is 12.2.